The molecule has 0 radical (unpaired) electrons. The van der Waals surface area contributed by atoms with E-state index in [9.17, 15) is 9.59 Å². The van der Waals surface area contributed by atoms with E-state index in [4.69, 9.17) is 9.47 Å². The first-order valence-electron chi connectivity index (χ1n) is 7.48. The molecule has 1 heterocycles. The fraction of sp³-hybridized carbons (Fsp3) is 0.867. The average molecular weight is 287 g/mol. The second-order valence-electron chi connectivity index (χ2n) is 5.49. The Balaban J connectivity index is 0.00000172. The van der Waals surface area contributed by atoms with E-state index >= 15 is 0 Å². The quantitative estimate of drug-likeness (QED) is 0.732. The number of carbonyl (C=O) groups is 2. The summed E-state index contributed by atoms with van der Waals surface area (Å²) >= 11 is 0. The van der Waals surface area contributed by atoms with Gasteiger partial charge in [-0.05, 0) is 40.5 Å². The van der Waals surface area contributed by atoms with Crippen molar-refractivity contribution in [3.8, 4) is 0 Å². The van der Waals surface area contributed by atoms with Gasteiger partial charge in [0.25, 0.3) is 0 Å². The molecule has 5 heteroatoms. The summed E-state index contributed by atoms with van der Waals surface area (Å²) in [6.07, 6.45) is 1.00. The van der Waals surface area contributed by atoms with Crippen LogP contribution in [0.25, 0.3) is 0 Å². The van der Waals surface area contributed by atoms with Crippen LogP contribution in [0.1, 0.15) is 54.4 Å². The number of likely N-dealkylation sites (tertiary alicyclic amines) is 1. The number of rotatable bonds is 2. The van der Waals surface area contributed by atoms with Gasteiger partial charge >= 0.3 is 12.1 Å². The molecule has 1 saturated heterocycles. The van der Waals surface area contributed by atoms with Crippen molar-refractivity contribution in [3.05, 3.63) is 0 Å². The van der Waals surface area contributed by atoms with Crippen LogP contribution < -0.4 is 0 Å². The summed E-state index contributed by atoms with van der Waals surface area (Å²) in [4.78, 5) is 25.0. The van der Waals surface area contributed by atoms with Crippen LogP contribution >= 0.6 is 0 Å². The van der Waals surface area contributed by atoms with Crippen LogP contribution in [0.15, 0.2) is 0 Å². The molecule has 0 bridgehead atoms. The number of hydrogen-bond donors (Lipinski definition) is 0. The normalized spacial score (nSPS) is 16.0. The smallest absolute Gasteiger partial charge is 0.410 e. The van der Waals surface area contributed by atoms with Gasteiger partial charge in [-0.3, -0.25) is 4.79 Å². The predicted octanol–water partition coefficient (Wildman–Crippen LogP) is 3.22. The van der Waals surface area contributed by atoms with Crippen molar-refractivity contribution in [1.29, 1.82) is 0 Å². The molecular weight excluding hydrogens is 258 g/mol. The largest absolute Gasteiger partial charge is 0.466 e. The van der Waals surface area contributed by atoms with E-state index in [0.29, 0.717) is 32.5 Å². The highest BCUT2D eigenvalue weighted by molar-refractivity contribution is 5.73. The topological polar surface area (TPSA) is 55.8 Å². The maximum atomic E-state index is 11.8. The van der Waals surface area contributed by atoms with Crippen LogP contribution in [0.3, 0.4) is 0 Å². The minimum atomic E-state index is -0.477. The second kappa shape index (κ2) is 8.82. The van der Waals surface area contributed by atoms with E-state index in [1.54, 1.807) is 11.8 Å². The Bertz CT molecular complexity index is 301. The number of ether oxygens (including phenoxy) is 2. The Morgan fingerprint density at radius 3 is 2.05 bits per heavy atom. The Morgan fingerprint density at radius 1 is 1.15 bits per heavy atom. The lowest BCUT2D eigenvalue weighted by Gasteiger charge is -2.32. The molecule has 5 nitrogen and oxygen atoms in total. The summed E-state index contributed by atoms with van der Waals surface area (Å²) in [7, 11) is 0. The zero-order valence-electron chi connectivity index (χ0n) is 13.7. The number of esters is 1. The van der Waals surface area contributed by atoms with Gasteiger partial charge < -0.3 is 14.4 Å². The molecule has 1 aliphatic rings. The number of hydrogen-bond acceptors (Lipinski definition) is 4. The van der Waals surface area contributed by atoms with Crippen LogP contribution in [0.4, 0.5) is 4.79 Å². The van der Waals surface area contributed by atoms with Gasteiger partial charge in [-0.1, -0.05) is 13.8 Å². The van der Waals surface area contributed by atoms with Crippen molar-refractivity contribution >= 4 is 12.1 Å². The number of nitrogens with zero attached hydrogens (tertiary/aromatic N) is 1. The van der Waals surface area contributed by atoms with Crippen molar-refractivity contribution in [2.45, 2.75) is 60.0 Å². The summed E-state index contributed by atoms with van der Waals surface area (Å²) in [6.45, 7) is 12.8. The van der Waals surface area contributed by atoms with E-state index in [1.807, 2.05) is 34.6 Å². The molecule has 0 aromatic carbocycles. The third kappa shape index (κ3) is 6.78. The van der Waals surface area contributed by atoms with Gasteiger partial charge in [0.05, 0.1) is 12.5 Å². The van der Waals surface area contributed by atoms with Crippen LogP contribution in [-0.2, 0) is 14.3 Å². The lowest BCUT2D eigenvalue weighted by atomic mass is 9.97. The molecule has 0 atom stereocenters. The molecule has 1 amide bonds. The van der Waals surface area contributed by atoms with Crippen molar-refractivity contribution < 1.29 is 19.1 Å². The third-order valence-electron chi connectivity index (χ3n) is 2.77. The molecule has 0 aliphatic carbocycles. The summed E-state index contributed by atoms with van der Waals surface area (Å²) in [6, 6.07) is 0. The highest BCUT2D eigenvalue weighted by atomic mass is 16.6. The van der Waals surface area contributed by atoms with Gasteiger partial charge in [-0.2, -0.15) is 0 Å². The zero-order valence-corrected chi connectivity index (χ0v) is 13.7. The Kier molecular flexibility index (Phi) is 8.26. The van der Waals surface area contributed by atoms with Gasteiger partial charge in [-0.15, -0.1) is 0 Å². The van der Waals surface area contributed by atoms with Gasteiger partial charge in [0.15, 0.2) is 0 Å². The van der Waals surface area contributed by atoms with Gasteiger partial charge in [0, 0.05) is 13.1 Å². The van der Waals surface area contributed by atoms with Crippen molar-refractivity contribution in [3.63, 3.8) is 0 Å². The highest BCUT2D eigenvalue weighted by Crippen LogP contribution is 2.20. The minimum Gasteiger partial charge on any atom is -0.466 e. The first kappa shape index (κ1) is 18.7. The summed E-state index contributed by atoms with van der Waals surface area (Å²) in [5.41, 5.74) is -0.477. The first-order valence-corrected chi connectivity index (χ1v) is 7.48. The molecule has 0 unspecified atom stereocenters. The SMILES string of the molecule is CC.CCOC(=O)C1CCN(C(=O)OC(C)(C)C)CC1. The predicted molar refractivity (Wildman–Crippen MR) is 78.5 cm³/mol. The highest BCUT2D eigenvalue weighted by Gasteiger charge is 2.30. The third-order valence-corrected chi connectivity index (χ3v) is 2.77. The summed E-state index contributed by atoms with van der Waals surface area (Å²) in [5, 5.41) is 0. The van der Waals surface area contributed by atoms with E-state index < -0.39 is 5.60 Å². The Labute approximate surface area is 122 Å². The van der Waals surface area contributed by atoms with E-state index in [1.165, 1.54) is 0 Å². The van der Waals surface area contributed by atoms with E-state index in [0.717, 1.165) is 0 Å². The zero-order chi connectivity index (χ0) is 15.8. The molecule has 0 saturated carbocycles. The monoisotopic (exact) mass is 287 g/mol. The van der Waals surface area contributed by atoms with Crippen LogP contribution in [-0.4, -0.2) is 42.3 Å². The lowest BCUT2D eigenvalue weighted by Crippen LogP contribution is -2.43. The van der Waals surface area contributed by atoms with Crippen LogP contribution in [0.5, 0.6) is 0 Å². The van der Waals surface area contributed by atoms with E-state index in [-0.39, 0.29) is 18.0 Å². The second-order valence-corrected chi connectivity index (χ2v) is 5.49. The fourth-order valence-electron chi connectivity index (χ4n) is 1.88. The lowest BCUT2D eigenvalue weighted by molar-refractivity contribution is -0.149. The van der Waals surface area contributed by atoms with Crippen LogP contribution in [0, 0.1) is 5.92 Å². The molecule has 118 valence electrons. The summed E-state index contributed by atoms with van der Waals surface area (Å²) in [5.74, 6) is -0.232. The molecule has 1 rings (SSSR count). The standard InChI is InChI=1S/C13H23NO4.C2H6/c1-5-17-11(15)10-6-8-14(9-7-10)12(16)18-13(2,3)4;1-2/h10H,5-9H2,1-4H3;1-2H3. The van der Waals surface area contributed by atoms with Gasteiger partial charge in [0.2, 0.25) is 0 Å². The number of carbonyl (C=O) groups excluding carboxylic acids is 2. The maximum Gasteiger partial charge on any atom is 0.410 e. The minimum absolute atomic E-state index is 0.0800. The molecule has 20 heavy (non-hydrogen) atoms. The molecule has 1 fully saturated rings. The van der Waals surface area contributed by atoms with Crippen molar-refractivity contribution in [1.82, 2.24) is 4.90 Å². The van der Waals surface area contributed by atoms with E-state index in [2.05, 4.69) is 0 Å². The first-order chi connectivity index (χ1) is 9.33. The molecule has 0 N–H and O–H groups in total. The number of piperidine rings is 1. The maximum absolute atomic E-state index is 11.8. The molecule has 0 aromatic rings. The van der Waals surface area contributed by atoms with Crippen LogP contribution in [0.2, 0.25) is 0 Å². The van der Waals surface area contributed by atoms with Crippen molar-refractivity contribution in [2.75, 3.05) is 19.7 Å². The molecule has 0 spiro atoms. The molecule has 0 aromatic heterocycles. The van der Waals surface area contributed by atoms with Gasteiger partial charge in [0.1, 0.15) is 5.60 Å². The fourth-order valence-corrected chi connectivity index (χ4v) is 1.88. The average Bonchev–Trinajstić information content (AvgIpc) is 2.39. The molecule has 1 aliphatic heterocycles. The number of amides is 1. The Hall–Kier alpha value is -1.26. The molecular formula is C15H29NO4. The Morgan fingerprint density at radius 2 is 1.65 bits per heavy atom. The van der Waals surface area contributed by atoms with Gasteiger partial charge in [-0.25, -0.2) is 4.79 Å². The van der Waals surface area contributed by atoms with Crippen molar-refractivity contribution in [2.24, 2.45) is 5.92 Å². The summed E-state index contributed by atoms with van der Waals surface area (Å²) < 4.78 is 10.3.